The van der Waals surface area contributed by atoms with Gasteiger partial charge in [0.15, 0.2) is 0 Å². The minimum atomic E-state index is 0.135. The van der Waals surface area contributed by atoms with Crippen LogP contribution in [-0.4, -0.2) is 51.1 Å². The molecule has 0 spiro atoms. The van der Waals surface area contributed by atoms with Crippen LogP contribution in [0.1, 0.15) is 27.8 Å². The summed E-state index contributed by atoms with van der Waals surface area (Å²) in [5.41, 5.74) is 4.70. The van der Waals surface area contributed by atoms with E-state index in [0.717, 1.165) is 27.8 Å². The fraction of sp³-hybridized carbons (Fsp3) is 0.111. The van der Waals surface area contributed by atoms with Crippen LogP contribution in [0.4, 0.5) is 0 Å². The largest absolute Gasteiger partial charge is 0.513 e. The molecule has 10 N–H and O–H groups in total. The number of aliphatic hydroxyl groups excluding tert-OH is 5. The quantitative estimate of drug-likeness (QED) is 0.0483. The van der Waals surface area contributed by atoms with E-state index in [1.165, 1.54) is 0 Å². The molecule has 5 rings (SSSR count). The van der Waals surface area contributed by atoms with Crippen LogP contribution >= 0.6 is 0 Å². The molecule has 0 heterocycles. The first kappa shape index (κ1) is 45.8. The summed E-state index contributed by atoms with van der Waals surface area (Å²) in [6, 6.07) is 33.3. The number of aromatic hydroxyl groups is 5. The Morgan fingerprint density at radius 3 is 0.600 bits per heavy atom. The highest BCUT2D eigenvalue weighted by Crippen LogP contribution is 2.15. The third kappa shape index (κ3) is 23.8. The third-order valence-electron chi connectivity index (χ3n) is 6.72. The molecule has 10 heteroatoms. The van der Waals surface area contributed by atoms with Gasteiger partial charge in [0.2, 0.25) is 0 Å². The van der Waals surface area contributed by atoms with E-state index in [2.05, 4.69) is 32.9 Å². The molecule has 0 aliphatic rings. The van der Waals surface area contributed by atoms with Gasteiger partial charge in [-0.25, -0.2) is 0 Å². The van der Waals surface area contributed by atoms with Crippen LogP contribution in [0.3, 0.4) is 0 Å². The van der Waals surface area contributed by atoms with Gasteiger partial charge < -0.3 is 51.1 Å². The maximum atomic E-state index is 8.91. The molecule has 0 atom stereocenters. The Bertz CT molecular complexity index is 1580. The van der Waals surface area contributed by atoms with Gasteiger partial charge >= 0.3 is 0 Å². The van der Waals surface area contributed by atoms with Gasteiger partial charge in [0, 0.05) is 32.1 Å². The van der Waals surface area contributed by atoms with Crippen LogP contribution in [-0.2, 0) is 32.1 Å². The van der Waals surface area contributed by atoms with Gasteiger partial charge in [-0.2, -0.15) is 0 Å². The summed E-state index contributed by atoms with van der Waals surface area (Å²) in [4.78, 5) is 0. The molecule has 10 nitrogen and oxygen atoms in total. The molecule has 0 fully saturated rings. The minimum Gasteiger partial charge on any atom is -0.513 e. The summed E-state index contributed by atoms with van der Waals surface area (Å²) >= 11 is 0. The van der Waals surface area contributed by atoms with E-state index in [4.69, 9.17) is 51.1 Å². The second kappa shape index (κ2) is 24.9. The van der Waals surface area contributed by atoms with E-state index in [1.807, 2.05) is 0 Å². The highest BCUT2D eigenvalue weighted by atomic mass is 18.2. The molecule has 0 aliphatic carbocycles. The van der Waals surface area contributed by atoms with Crippen molar-refractivity contribution in [2.24, 2.45) is 0 Å². The topological polar surface area (TPSA) is 202 Å². The zero-order valence-corrected chi connectivity index (χ0v) is 30.6. The van der Waals surface area contributed by atoms with Crippen molar-refractivity contribution in [3.63, 3.8) is 0 Å². The lowest BCUT2D eigenvalue weighted by atomic mass is 10.1. The number of allylic oxidation sites excluding steroid dienone is 5. The summed E-state index contributed by atoms with van der Waals surface area (Å²) in [6.45, 7) is 16.8. The lowest BCUT2D eigenvalue weighted by molar-refractivity contribution is 0.401. The van der Waals surface area contributed by atoms with Crippen molar-refractivity contribution < 1.29 is 51.1 Å². The summed E-state index contributed by atoms with van der Waals surface area (Å²) < 4.78 is 0. The first-order valence-electron chi connectivity index (χ1n) is 16.6. The van der Waals surface area contributed by atoms with Gasteiger partial charge in [0.25, 0.3) is 0 Å². The molecular weight excluding hydrogens is 702 g/mol. The van der Waals surface area contributed by atoms with Gasteiger partial charge in [0.1, 0.15) is 28.7 Å². The average molecular weight is 753 g/mol. The molecule has 5 aromatic rings. The zero-order valence-electron chi connectivity index (χ0n) is 30.6. The van der Waals surface area contributed by atoms with Crippen molar-refractivity contribution in [1.82, 2.24) is 0 Å². The van der Waals surface area contributed by atoms with Crippen molar-refractivity contribution in [3.8, 4) is 28.7 Å². The van der Waals surface area contributed by atoms with Crippen LogP contribution in [0.25, 0.3) is 0 Å². The average Bonchev–Trinajstić information content (AvgIpc) is 3.10. The lowest BCUT2D eigenvalue weighted by Crippen LogP contribution is -1.85. The Morgan fingerprint density at radius 1 is 0.309 bits per heavy atom. The van der Waals surface area contributed by atoms with Crippen molar-refractivity contribution in [1.29, 1.82) is 0 Å². The van der Waals surface area contributed by atoms with E-state index >= 15 is 0 Å². The number of hydrogen-bond acceptors (Lipinski definition) is 10. The van der Waals surface area contributed by atoms with Crippen LogP contribution in [0.5, 0.6) is 28.7 Å². The van der Waals surface area contributed by atoms with E-state index in [0.29, 0.717) is 32.1 Å². The molecule has 0 aromatic heterocycles. The minimum absolute atomic E-state index is 0.135. The molecule has 0 unspecified atom stereocenters. The zero-order chi connectivity index (χ0) is 41.3. The predicted octanol–water partition coefficient (Wildman–Crippen LogP) is 10.0. The Kier molecular flexibility index (Phi) is 20.7. The SMILES string of the molecule is C=C(O)Cc1ccc(O)cc1.C=C(O)Cc1ccc(O)cc1.C=C(O)Cc1ccc(O)cc1.C=C(O)Cc1ccc(O)cc1.C=C(O)Cc1ccc([18OH])cc1. The summed E-state index contributed by atoms with van der Waals surface area (Å²) in [7, 11) is 0. The first-order chi connectivity index (χ1) is 25.9. The molecule has 0 saturated carbocycles. The van der Waals surface area contributed by atoms with Gasteiger partial charge in [-0.05, 0) is 88.5 Å². The fourth-order valence-corrected chi connectivity index (χ4v) is 4.25. The van der Waals surface area contributed by atoms with Crippen molar-refractivity contribution >= 4 is 0 Å². The van der Waals surface area contributed by atoms with Gasteiger partial charge in [-0.15, -0.1) is 0 Å². The number of benzene rings is 5. The Morgan fingerprint density at radius 2 is 0.455 bits per heavy atom. The molecule has 55 heavy (non-hydrogen) atoms. The lowest BCUT2D eigenvalue weighted by Gasteiger charge is -1.98. The standard InChI is InChI=1S/5C9H10O2/c5*1-7(10)6-8-2-4-9(11)5-3-8/h5*2-5,10-11H,1,6H2/i11+2;;;;. The molecule has 0 aliphatic heterocycles. The molecule has 0 amide bonds. The molecule has 0 radical (unpaired) electrons. The van der Waals surface area contributed by atoms with E-state index < -0.39 is 0 Å². The van der Waals surface area contributed by atoms with Crippen LogP contribution < -0.4 is 0 Å². The van der Waals surface area contributed by atoms with Crippen LogP contribution in [0, 0.1) is 0 Å². The van der Waals surface area contributed by atoms with Gasteiger partial charge in [-0.1, -0.05) is 93.6 Å². The van der Waals surface area contributed by atoms with E-state index in [1.54, 1.807) is 121 Å². The summed E-state index contributed by atoms with van der Waals surface area (Å²) in [6.07, 6.45) is 2.22. The highest BCUT2D eigenvalue weighted by molar-refractivity contribution is 5.30. The number of phenolic OH excluding ortho intramolecular Hbond substituents is 5. The van der Waals surface area contributed by atoms with Crippen molar-refractivity contribution in [2.45, 2.75) is 32.1 Å². The number of rotatable bonds is 10. The summed E-state index contributed by atoms with van der Waals surface area (Å²) in [5.74, 6) is 1.84. The molecule has 5 aromatic carbocycles. The summed E-state index contributed by atoms with van der Waals surface area (Å²) in [5, 5.41) is 88.6. The second-order valence-corrected chi connectivity index (χ2v) is 12.0. The second-order valence-electron chi connectivity index (χ2n) is 12.0. The van der Waals surface area contributed by atoms with E-state index in [-0.39, 0.29) is 57.5 Å². The van der Waals surface area contributed by atoms with Gasteiger partial charge in [-0.3, -0.25) is 0 Å². The molecule has 0 bridgehead atoms. The normalized spacial score (nSPS) is 9.45. The fourth-order valence-electron chi connectivity index (χ4n) is 4.25. The monoisotopic (exact) mass is 752 g/mol. The first-order valence-corrected chi connectivity index (χ1v) is 16.6. The van der Waals surface area contributed by atoms with Gasteiger partial charge in [0.05, 0.1) is 28.8 Å². The van der Waals surface area contributed by atoms with Crippen LogP contribution in [0.2, 0.25) is 0 Å². The van der Waals surface area contributed by atoms with Crippen molar-refractivity contribution in [3.05, 3.63) is 211 Å². The molecule has 0 saturated heterocycles. The van der Waals surface area contributed by atoms with Crippen LogP contribution in [0.15, 0.2) is 183 Å². The highest BCUT2D eigenvalue weighted by Gasteiger charge is 1.97. The maximum absolute atomic E-state index is 8.91. The van der Waals surface area contributed by atoms with Crippen molar-refractivity contribution in [2.75, 3.05) is 0 Å². The molecule has 290 valence electrons. The number of phenols is 5. The third-order valence-corrected chi connectivity index (χ3v) is 6.72. The predicted molar refractivity (Wildman–Crippen MR) is 218 cm³/mol. The number of hydrogen-bond donors (Lipinski definition) is 10. The maximum Gasteiger partial charge on any atom is 0.115 e. The van der Waals surface area contributed by atoms with E-state index in [9.17, 15) is 0 Å². The Hall–Kier alpha value is -7.20. The smallest absolute Gasteiger partial charge is 0.115 e. The molecular formula is C45H50O10. The Balaban J connectivity index is 0.000000344. The Labute approximate surface area is 322 Å². The number of aliphatic hydroxyl groups is 5.